The Morgan fingerprint density at radius 2 is 1.85 bits per heavy atom. The summed E-state index contributed by atoms with van der Waals surface area (Å²) in [5, 5.41) is 8.55. The molecular weight excluding hydrogens is 274 g/mol. The molecule has 0 saturated carbocycles. The number of alkyl halides is 1. The van der Waals surface area contributed by atoms with Crippen LogP contribution in [0.25, 0.3) is 0 Å². The topological polar surface area (TPSA) is 40.5 Å². The standard InChI is InChI=1S/C16H24ClNO2/c1-4-12(2)13-5-7-14(8-6-13)15(17)11-18(3)10-9-16(19)20/h5-8,12,15H,4,9-11H2,1-3H3,(H,19,20). The number of likely N-dealkylation sites (N-methyl/N-ethyl adjacent to an activating group) is 1. The van der Waals surface area contributed by atoms with E-state index in [-0.39, 0.29) is 11.8 Å². The average Bonchev–Trinajstić information content (AvgIpc) is 2.44. The van der Waals surface area contributed by atoms with Gasteiger partial charge >= 0.3 is 5.97 Å². The zero-order valence-corrected chi connectivity index (χ0v) is 13.2. The minimum Gasteiger partial charge on any atom is -0.481 e. The fourth-order valence-electron chi connectivity index (χ4n) is 2.03. The van der Waals surface area contributed by atoms with Gasteiger partial charge in [-0.05, 0) is 30.5 Å². The summed E-state index contributed by atoms with van der Waals surface area (Å²) < 4.78 is 0. The van der Waals surface area contributed by atoms with Gasteiger partial charge in [-0.15, -0.1) is 11.6 Å². The highest BCUT2D eigenvalue weighted by Crippen LogP contribution is 2.25. The second kappa shape index (κ2) is 8.28. The van der Waals surface area contributed by atoms with Crippen molar-refractivity contribution in [2.75, 3.05) is 20.1 Å². The van der Waals surface area contributed by atoms with Gasteiger partial charge in [0.25, 0.3) is 0 Å². The number of carboxylic acids is 1. The Morgan fingerprint density at radius 3 is 2.35 bits per heavy atom. The van der Waals surface area contributed by atoms with Crippen molar-refractivity contribution in [3.63, 3.8) is 0 Å². The van der Waals surface area contributed by atoms with Crippen molar-refractivity contribution in [3.8, 4) is 0 Å². The molecule has 1 N–H and O–H groups in total. The maximum Gasteiger partial charge on any atom is 0.304 e. The first kappa shape index (κ1) is 17.0. The molecule has 0 radical (unpaired) electrons. The number of hydrogen-bond donors (Lipinski definition) is 1. The average molecular weight is 298 g/mol. The Hall–Kier alpha value is -1.06. The Bertz CT molecular complexity index is 419. The molecule has 2 atom stereocenters. The normalized spacial score (nSPS) is 14.2. The van der Waals surface area contributed by atoms with Gasteiger partial charge in [0.1, 0.15) is 0 Å². The van der Waals surface area contributed by atoms with Crippen LogP contribution in [0, 0.1) is 0 Å². The molecule has 0 amide bonds. The predicted octanol–water partition coefficient (Wildman–Crippen LogP) is 3.89. The molecule has 3 nitrogen and oxygen atoms in total. The third-order valence-electron chi connectivity index (χ3n) is 3.66. The van der Waals surface area contributed by atoms with E-state index >= 15 is 0 Å². The maximum absolute atomic E-state index is 10.5. The van der Waals surface area contributed by atoms with E-state index in [4.69, 9.17) is 16.7 Å². The van der Waals surface area contributed by atoms with Gasteiger partial charge in [0.05, 0.1) is 11.8 Å². The highest BCUT2D eigenvalue weighted by molar-refractivity contribution is 6.21. The van der Waals surface area contributed by atoms with Crippen molar-refractivity contribution in [3.05, 3.63) is 35.4 Å². The van der Waals surface area contributed by atoms with Gasteiger partial charge in [0.15, 0.2) is 0 Å². The zero-order chi connectivity index (χ0) is 15.1. The van der Waals surface area contributed by atoms with Gasteiger partial charge < -0.3 is 10.0 Å². The molecule has 4 heteroatoms. The van der Waals surface area contributed by atoms with E-state index in [1.165, 1.54) is 5.56 Å². The van der Waals surface area contributed by atoms with Crippen LogP contribution in [0.4, 0.5) is 0 Å². The molecule has 0 aromatic heterocycles. The van der Waals surface area contributed by atoms with Crippen LogP contribution in [0.15, 0.2) is 24.3 Å². The number of halogens is 1. The lowest BCUT2D eigenvalue weighted by molar-refractivity contribution is -0.137. The molecule has 0 fully saturated rings. The van der Waals surface area contributed by atoms with Crippen LogP contribution in [-0.2, 0) is 4.79 Å². The molecule has 0 heterocycles. The highest BCUT2D eigenvalue weighted by Gasteiger charge is 2.12. The number of hydrogen-bond acceptors (Lipinski definition) is 2. The third kappa shape index (κ3) is 5.51. The zero-order valence-electron chi connectivity index (χ0n) is 12.5. The molecule has 1 rings (SSSR count). The lowest BCUT2D eigenvalue weighted by Crippen LogP contribution is -2.25. The fourth-order valence-corrected chi connectivity index (χ4v) is 2.41. The Balaban J connectivity index is 2.54. The maximum atomic E-state index is 10.5. The van der Waals surface area contributed by atoms with Crippen LogP contribution in [0.3, 0.4) is 0 Å². The summed E-state index contributed by atoms with van der Waals surface area (Å²) in [6, 6.07) is 8.42. The van der Waals surface area contributed by atoms with Crippen LogP contribution in [0.2, 0.25) is 0 Å². The van der Waals surface area contributed by atoms with E-state index in [1.807, 2.05) is 11.9 Å². The number of nitrogens with zero attached hydrogens (tertiary/aromatic N) is 1. The smallest absolute Gasteiger partial charge is 0.304 e. The molecule has 2 unspecified atom stereocenters. The molecule has 112 valence electrons. The van der Waals surface area contributed by atoms with Gasteiger partial charge in [0, 0.05) is 13.1 Å². The van der Waals surface area contributed by atoms with E-state index in [1.54, 1.807) is 0 Å². The van der Waals surface area contributed by atoms with E-state index < -0.39 is 5.97 Å². The molecule has 0 spiro atoms. The van der Waals surface area contributed by atoms with Crippen LogP contribution >= 0.6 is 11.6 Å². The van der Waals surface area contributed by atoms with Crippen LogP contribution in [0.1, 0.15) is 49.1 Å². The lowest BCUT2D eigenvalue weighted by atomic mass is 9.97. The summed E-state index contributed by atoms with van der Waals surface area (Å²) >= 11 is 6.39. The van der Waals surface area contributed by atoms with Crippen LogP contribution in [-0.4, -0.2) is 36.1 Å². The first-order chi connectivity index (χ1) is 9.43. The van der Waals surface area contributed by atoms with Crippen molar-refractivity contribution in [2.24, 2.45) is 0 Å². The summed E-state index contributed by atoms with van der Waals surface area (Å²) in [6.07, 6.45) is 1.27. The molecule has 0 saturated heterocycles. The first-order valence-corrected chi connectivity index (χ1v) is 7.52. The van der Waals surface area contributed by atoms with Gasteiger partial charge in [-0.3, -0.25) is 4.79 Å². The van der Waals surface area contributed by atoms with E-state index in [9.17, 15) is 4.79 Å². The summed E-state index contributed by atoms with van der Waals surface area (Å²) in [6.45, 7) is 5.56. The molecule has 1 aromatic rings. The minimum absolute atomic E-state index is 0.111. The molecule has 0 aliphatic carbocycles. The van der Waals surface area contributed by atoms with Crippen molar-refractivity contribution < 1.29 is 9.90 Å². The van der Waals surface area contributed by atoms with Crippen molar-refractivity contribution in [1.29, 1.82) is 0 Å². The molecule has 20 heavy (non-hydrogen) atoms. The fraction of sp³-hybridized carbons (Fsp3) is 0.562. The minimum atomic E-state index is -0.777. The Labute approximate surface area is 126 Å². The second-order valence-corrected chi connectivity index (χ2v) is 5.88. The number of benzene rings is 1. The Kier molecular flexibility index (Phi) is 7.03. The molecular formula is C16H24ClNO2. The van der Waals surface area contributed by atoms with Crippen molar-refractivity contribution in [1.82, 2.24) is 4.90 Å². The summed E-state index contributed by atoms with van der Waals surface area (Å²) in [5.41, 5.74) is 2.42. The van der Waals surface area contributed by atoms with E-state index in [2.05, 4.69) is 38.1 Å². The molecule has 0 bridgehead atoms. The summed E-state index contributed by atoms with van der Waals surface area (Å²) in [4.78, 5) is 12.5. The van der Waals surface area contributed by atoms with Gasteiger partial charge in [-0.2, -0.15) is 0 Å². The van der Waals surface area contributed by atoms with Crippen LogP contribution in [0.5, 0.6) is 0 Å². The number of carbonyl (C=O) groups is 1. The molecule has 1 aromatic carbocycles. The summed E-state index contributed by atoms with van der Waals surface area (Å²) in [5.74, 6) is -0.211. The Morgan fingerprint density at radius 1 is 1.30 bits per heavy atom. The van der Waals surface area contributed by atoms with E-state index in [0.29, 0.717) is 19.0 Å². The second-order valence-electron chi connectivity index (χ2n) is 5.35. The van der Waals surface area contributed by atoms with Gasteiger partial charge in [-0.1, -0.05) is 38.1 Å². The predicted molar refractivity (Wildman–Crippen MR) is 83.5 cm³/mol. The number of rotatable bonds is 8. The first-order valence-electron chi connectivity index (χ1n) is 7.08. The SMILES string of the molecule is CCC(C)c1ccc(C(Cl)CN(C)CCC(=O)O)cc1. The van der Waals surface area contributed by atoms with Crippen molar-refractivity contribution in [2.45, 2.75) is 38.0 Å². The third-order valence-corrected chi connectivity index (χ3v) is 4.05. The highest BCUT2D eigenvalue weighted by atomic mass is 35.5. The quantitative estimate of drug-likeness (QED) is 0.740. The molecule has 0 aliphatic heterocycles. The van der Waals surface area contributed by atoms with E-state index in [0.717, 1.165) is 12.0 Å². The van der Waals surface area contributed by atoms with Gasteiger partial charge in [-0.25, -0.2) is 0 Å². The lowest BCUT2D eigenvalue weighted by Gasteiger charge is -2.20. The summed E-state index contributed by atoms with van der Waals surface area (Å²) in [7, 11) is 1.89. The molecule has 0 aliphatic rings. The van der Waals surface area contributed by atoms with Crippen LogP contribution < -0.4 is 0 Å². The monoisotopic (exact) mass is 297 g/mol. The largest absolute Gasteiger partial charge is 0.481 e. The number of aliphatic carboxylic acids is 1. The van der Waals surface area contributed by atoms with Crippen molar-refractivity contribution >= 4 is 17.6 Å². The van der Waals surface area contributed by atoms with Gasteiger partial charge in [0.2, 0.25) is 0 Å². The number of carboxylic acid groups (broad SMARTS) is 1.